The minimum atomic E-state index is -0.840. The number of benzene rings is 2. The SMILES string of the molecule is CN(C)CCC(Cl)(Oc1ccccc1)c1ccccc1.Cl. The molecule has 0 saturated heterocycles. The fraction of sp³-hybridized carbons (Fsp3) is 0.294. The molecule has 0 fully saturated rings. The molecular weight excluding hydrogens is 305 g/mol. The zero-order chi connectivity index (χ0) is 14.4. The molecule has 0 spiro atoms. The summed E-state index contributed by atoms with van der Waals surface area (Å²) < 4.78 is 6.08. The first kappa shape index (κ1) is 17.8. The molecular formula is C17H21Cl2NO. The third-order valence-corrected chi connectivity index (χ3v) is 3.59. The Hall–Kier alpha value is -1.22. The van der Waals surface area contributed by atoms with Gasteiger partial charge < -0.3 is 9.64 Å². The Balaban J connectivity index is 0.00000220. The van der Waals surface area contributed by atoms with Crippen LogP contribution in [0.25, 0.3) is 0 Å². The van der Waals surface area contributed by atoms with Gasteiger partial charge in [0.1, 0.15) is 5.75 Å². The molecule has 0 heterocycles. The molecule has 2 nitrogen and oxygen atoms in total. The Bertz CT molecular complexity index is 519. The van der Waals surface area contributed by atoms with E-state index in [1.54, 1.807) is 0 Å². The van der Waals surface area contributed by atoms with E-state index in [2.05, 4.69) is 4.90 Å². The van der Waals surface area contributed by atoms with Gasteiger partial charge in [-0.25, -0.2) is 0 Å². The van der Waals surface area contributed by atoms with Crippen LogP contribution in [-0.4, -0.2) is 25.5 Å². The summed E-state index contributed by atoms with van der Waals surface area (Å²) in [7, 11) is 4.07. The summed E-state index contributed by atoms with van der Waals surface area (Å²) >= 11 is 6.79. The first-order valence-electron chi connectivity index (χ1n) is 6.73. The van der Waals surface area contributed by atoms with Gasteiger partial charge >= 0.3 is 0 Å². The van der Waals surface area contributed by atoms with Crippen LogP contribution in [0.3, 0.4) is 0 Å². The average Bonchev–Trinajstić information content (AvgIpc) is 2.47. The van der Waals surface area contributed by atoms with E-state index in [0.29, 0.717) is 6.42 Å². The van der Waals surface area contributed by atoms with Gasteiger partial charge in [-0.05, 0) is 26.2 Å². The van der Waals surface area contributed by atoms with E-state index in [1.807, 2.05) is 74.8 Å². The first-order valence-corrected chi connectivity index (χ1v) is 7.11. The van der Waals surface area contributed by atoms with Crippen molar-refractivity contribution in [1.82, 2.24) is 4.90 Å². The molecule has 114 valence electrons. The van der Waals surface area contributed by atoms with Gasteiger partial charge in [-0.3, -0.25) is 0 Å². The summed E-state index contributed by atoms with van der Waals surface area (Å²) in [6.45, 7) is 0.852. The molecule has 2 rings (SSSR count). The molecule has 0 amide bonds. The maximum absolute atomic E-state index is 6.79. The highest BCUT2D eigenvalue weighted by atomic mass is 35.5. The molecule has 0 N–H and O–H groups in total. The van der Waals surface area contributed by atoms with Crippen LogP contribution in [0.4, 0.5) is 0 Å². The monoisotopic (exact) mass is 325 g/mol. The van der Waals surface area contributed by atoms with Crippen molar-refractivity contribution in [1.29, 1.82) is 0 Å². The Labute approximate surface area is 138 Å². The Morgan fingerprint density at radius 1 is 0.952 bits per heavy atom. The number of ether oxygens (including phenoxy) is 1. The highest BCUT2D eigenvalue weighted by Crippen LogP contribution is 2.35. The standard InChI is InChI=1S/C17H20ClNO.ClH/c1-19(2)14-13-17(18,15-9-5-3-6-10-15)20-16-11-7-4-8-12-16;/h3-12H,13-14H2,1-2H3;1H. The van der Waals surface area contributed by atoms with Gasteiger partial charge in [-0.15, -0.1) is 12.4 Å². The van der Waals surface area contributed by atoms with E-state index in [-0.39, 0.29) is 12.4 Å². The van der Waals surface area contributed by atoms with Gasteiger partial charge in [0.2, 0.25) is 5.06 Å². The molecule has 1 atom stereocenters. The fourth-order valence-electron chi connectivity index (χ4n) is 1.98. The maximum atomic E-state index is 6.79. The van der Waals surface area contributed by atoms with Crippen LogP contribution < -0.4 is 4.74 Å². The zero-order valence-electron chi connectivity index (χ0n) is 12.3. The number of halogens is 2. The van der Waals surface area contributed by atoms with Gasteiger partial charge in [-0.2, -0.15) is 0 Å². The molecule has 21 heavy (non-hydrogen) atoms. The fourth-order valence-corrected chi connectivity index (χ4v) is 2.28. The van der Waals surface area contributed by atoms with E-state index >= 15 is 0 Å². The minimum Gasteiger partial charge on any atom is -0.468 e. The molecule has 0 aliphatic rings. The lowest BCUT2D eigenvalue weighted by molar-refractivity contribution is 0.135. The third-order valence-electron chi connectivity index (χ3n) is 3.11. The highest BCUT2D eigenvalue weighted by Gasteiger charge is 2.31. The summed E-state index contributed by atoms with van der Waals surface area (Å²) in [6, 6.07) is 19.7. The lowest BCUT2D eigenvalue weighted by Crippen LogP contribution is -2.31. The molecule has 0 bridgehead atoms. The van der Waals surface area contributed by atoms with Gasteiger partial charge in [0.15, 0.2) is 0 Å². The molecule has 2 aromatic rings. The average molecular weight is 326 g/mol. The number of para-hydroxylation sites is 1. The number of alkyl halides is 1. The molecule has 0 aliphatic heterocycles. The molecule has 0 saturated carbocycles. The second kappa shape index (κ2) is 8.28. The summed E-state index contributed by atoms with van der Waals surface area (Å²) in [4.78, 5) is 2.11. The van der Waals surface area contributed by atoms with E-state index in [4.69, 9.17) is 16.3 Å². The number of nitrogens with zero attached hydrogens (tertiary/aromatic N) is 1. The van der Waals surface area contributed by atoms with Gasteiger partial charge in [0.25, 0.3) is 0 Å². The molecule has 0 radical (unpaired) electrons. The van der Waals surface area contributed by atoms with E-state index in [9.17, 15) is 0 Å². The predicted molar refractivity (Wildman–Crippen MR) is 91.5 cm³/mol. The van der Waals surface area contributed by atoms with Gasteiger partial charge in [0.05, 0.1) is 0 Å². The van der Waals surface area contributed by atoms with Crippen LogP contribution in [-0.2, 0) is 5.06 Å². The summed E-state index contributed by atoms with van der Waals surface area (Å²) in [5, 5.41) is -0.840. The first-order chi connectivity index (χ1) is 9.60. The number of hydrogen-bond acceptors (Lipinski definition) is 2. The molecule has 4 heteroatoms. The Morgan fingerprint density at radius 3 is 2.00 bits per heavy atom. The lowest BCUT2D eigenvalue weighted by atomic mass is 10.1. The quantitative estimate of drug-likeness (QED) is 0.723. The van der Waals surface area contributed by atoms with Crippen molar-refractivity contribution in [3.63, 3.8) is 0 Å². The van der Waals surface area contributed by atoms with Crippen LogP contribution in [0.15, 0.2) is 60.7 Å². The second-order valence-electron chi connectivity index (χ2n) is 5.06. The van der Waals surface area contributed by atoms with Crippen molar-refractivity contribution in [3.8, 4) is 5.75 Å². The zero-order valence-corrected chi connectivity index (χ0v) is 13.9. The highest BCUT2D eigenvalue weighted by molar-refractivity contribution is 6.23. The van der Waals surface area contributed by atoms with Crippen molar-refractivity contribution >= 4 is 24.0 Å². The number of hydrogen-bond donors (Lipinski definition) is 0. The van der Waals surface area contributed by atoms with Crippen molar-refractivity contribution in [2.24, 2.45) is 0 Å². The maximum Gasteiger partial charge on any atom is 0.209 e. The van der Waals surface area contributed by atoms with E-state index < -0.39 is 5.06 Å². The smallest absolute Gasteiger partial charge is 0.209 e. The van der Waals surface area contributed by atoms with Crippen LogP contribution in [0.2, 0.25) is 0 Å². The molecule has 0 aromatic heterocycles. The van der Waals surface area contributed by atoms with Crippen molar-refractivity contribution in [2.75, 3.05) is 20.6 Å². The van der Waals surface area contributed by atoms with Crippen LogP contribution >= 0.6 is 24.0 Å². The Morgan fingerprint density at radius 2 is 1.48 bits per heavy atom. The topological polar surface area (TPSA) is 12.5 Å². The number of rotatable bonds is 6. The lowest BCUT2D eigenvalue weighted by Gasteiger charge is -2.30. The van der Waals surface area contributed by atoms with Crippen molar-refractivity contribution < 1.29 is 4.74 Å². The summed E-state index contributed by atoms with van der Waals surface area (Å²) in [5.74, 6) is 0.783. The van der Waals surface area contributed by atoms with E-state index in [0.717, 1.165) is 17.9 Å². The van der Waals surface area contributed by atoms with Crippen LogP contribution in [0, 0.1) is 0 Å². The predicted octanol–water partition coefficient (Wildman–Crippen LogP) is 4.53. The van der Waals surface area contributed by atoms with Crippen LogP contribution in [0.5, 0.6) is 5.75 Å². The summed E-state index contributed by atoms with van der Waals surface area (Å²) in [6.07, 6.45) is 0.709. The normalized spacial score (nSPS) is 13.3. The Kier molecular flexibility index (Phi) is 7.03. The molecule has 0 aliphatic carbocycles. The second-order valence-corrected chi connectivity index (χ2v) is 5.67. The summed E-state index contributed by atoms with van der Waals surface area (Å²) in [5.41, 5.74) is 0.979. The van der Waals surface area contributed by atoms with E-state index in [1.165, 1.54) is 0 Å². The van der Waals surface area contributed by atoms with Crippen molar-refractivity contribution in [3.05, 3.63) is 66.2 Å². The van der Waals surface area contributed by atoms with Gasteiger partial charge in [-0.1, -0.05) is 60.1 Å². The molecule has 1 unspecified atom stereocenters. The minimum absolute atomic E-state index is 0. The molecule has 2 aromatic carbocycles. The van der Waals surface area contributed by atoms with Crippen LogP contribution in [0.1, 0.15) is 12.0 Å². The third kappa shape index (κ3) is 5.24. The largest absolute Gasteiger partial charge is 0.468 e. The van der Waals surface area contributed by atoms with Gasteiger partial charge in [0, 0.05) is 18.5 Å². The van der Waals surface area contributed by atoms with Crippen molar-refractivity contribution in [2.45, 2.75) is 11.5 Å².